The molecule has 6 N–H and O–H groups in total. The molecule has 6 rings (SSSR count). The van der Waals surface area contributed by atoms with Gasteiger partial charge in [0.2, 0.25) is 0 Å². The molecule has 0 atom stereocenters. The molecule has 0 saturated heterocycles. The van der Waals surface area contributed by atoms with E-state index in [1.807, 2.05) is 0 Å². The van der Waals surface area contributed by atoms with Crippen molar-refractivity contribution >= 4 is 11.4 Å². The molecule has 0 amide bonds. The van der Waals surface area contributed by atoms with Crippen LogP contribution in [0, 0.1) is 41.4 Å². The van der Waals surface area contributed by atoms with Gasteiger partial charge in [-0.25, -0.2) is 0 Å². The minimum absolute atomic E-state index is 0.00282. The maximum Gasteiger partial charge on any atom is 0.145 e. The van der Waals surface area contributed by atoms with Gasteiger partial charge in [0, 0.05) is 12.0 Å². The Labute approximate surface area is 170 Å². The third-order valence-electron chi connectivity index (χ3n) is 7.00. The Morgan fingerprint density at radius 1 is 0.862 bits per heavy atom. The van der Waals surface area contributed by atoms with Gasteiger partial charge in [-0.15, -0.1) is 0 Å². The summed E-state index contributed by atoms with van der Waals surface area (Å²) >= 11 is 0. The molecule has 0 aliphatic heterocycles. The average molecular weight is 390 g/mol. The molecule has 4 aliphatic rings. The van der Waals surface area contributed by atoms with Crippen LogP contribution in [0.15, 0.2) is 30.3 Å². The normalized spacial score (nSPS) is 29.3. The summed E-state index contributed by atoms with van der Waals surface area (Å²) in [4.78, 5) is 0. The fraction of sp³-hybridized carbons (Fsp3) is 0.417. The second kappa shape index (κ2) is 6.81. The van der Waals surface area contributed by atoms with Crippen LogP contribution < -0.4 is 16.2 Å². The highest BCUT2D eigenvalue weighted by molar-refractivity contribution is 5.70. The molecule has 4 saturated carbocycles. The van der Waals surface area contributed by atoms with Crippen molar-refractivity contribution in [1.82, 2.24) is 0 Å². The van der Waals surface area contributed by atoms with Gasteiger partial charge in [-0.05, 0) is 80.0 Å². The maximum absolute atomic E-state index is 10.1. The lowest BCUT2D eigenvalue weighted by atomic mass is 9.52. The second-order valence-electron chi connectivity index (χ2n) is 8.92. The summed E-state index contributed by atoms with van der Waals surface area (Å²) in [5.41, 5.74) is 12.9. The van der Waals surface area contributed by atoms with Gasteiger partial charge in [-0.3, -0.25) is 0 Å². The van der Waals surface area contributed by atoms with Gasteiger partial charge in [0.05, 0.1) is 16.9 Å². The van der Waals surface area contributed by atoms with E-state index < -0.39 is 0 Å². The molecule has 4 aliphatic carbocycles. The molecule has 0 spiro atoms. The van der Waals surface area contributed by atoms with E-state index in [0.29, 0.717) is 34.8 Å². The molecule has 0 heterocycles. The number of phenols is 2. The van der Waals surface area contributed by atoms with Crippen molar-refractivity contribution in [1.29, 1.82) is 0 Å². The zero-order chi connectivity index (χ0) is 20.1. The predicted molar refractivity (Wildman–Crippen MR) is 113 cm³/mol. The number of nitrogens with two attached hydrogens (primary N) is 2. The molecular formula is C24H26N2O3. The van der Waals surface area contributed by atoms with Crippen molar-refractivity contribution in [2.24, 2.45) is 29.6 Å². The molecule has 0 aromatic heterocycles. The van der Waals surface area contributed by atoms with E-state index in [2.05, 4.69) is 11.8 Å². The van der Waals surface area contributed by atoms with Crippen LogP contribution >= 0.6 is 0 Å². The first-order valence-corrected chi connectivity index (χ1v) is 10.4. The van der Waals surface area contributed by atoms with Crippen molar-refractivity contribution < 1.29 is 14.9 Å². The molecule has 2 aromatic rings. The van der Waals surface area contributed by atoms with Crippen LogP contribution in [0.25, 0.3) is 0 Å². The molecule has 5 nitrogen and oxygen atoms in total. The summed E-state index contributed by atoms with van der Waals surface area (Å²) in [6, 6.07) is 7.82. The average Bonchev–Trinajstić information content (AvgIpc) is 2.68. The van der Waals surface area contributed by atoms with E-state index >= 15 is 0 Å². The lowest BCUT2D eigenvalue weighted by molar-refractivity contribution is -0.0122. The standard InChI is InChI=1S/C24H26N2O3/c25-20-12-17(1-4-21(20)27)29-23-6-5-22(28)24(26)19(23)3-2-18-15-8-13-7-14(10-15)11-16(18)9-13/h1,4-6,12-16,18,27-28H,7-11,25-26H2. The number of aromatic hydroxyl groups is 2. The Morgan fingerprint density at radius 2 is 1.52 bits per heavy atom. The van der Waals surface area contributed by atoms with E-state index in [4.69, 9.17) is 16.2 Å². The highest BCUT2D eigenvalue weighted by Crippen LogP contribution is 2.56. The van der Waals surface area contributed by atoms with E-state index in [-0.39, 0.29) is 22.9 Å². The first kappa shape index (κ1) is 18.1. The number of hydrogen-bond donors (Lipinski definition) is 4. The first-order chi connectivity index (χ1) is 14.0. The van der Waals surface area contributed by atoms with Crippen LogP contribution in [0.2, 0.25) is 0 Å². The minimum atomic E-state index is -0.00282. The topological polar surface area (TPSA) is 102 Å². The SMILES string of the molecule is Nc1cc(Oc2ccc(O)c(N)c2C#CC2C3CC4CC(C3)CC2C4)ccc1O. The molecule has 4 bridgehead atoms. The zero-order valence-corrected chi connectivity index (χ0v) is 16.3. The van der Waals surface area contributed by atoms with Gasteiger partial charge in [-0.1, -0.05) is 11.8 Å². The third-order valence-corrected chi connectivity index (χ3v) is 7.00. The van der Waals surface area contributed by atoms with Crippen LogP contribution in [0.4, 0.5) is 11.4 Å². The van der Waals surface area contributed by atoms with Crippen molar-refractivity contribution in [3.63, 3.8) is 0 Å². The van der Waals surface area contributed by atoms with Gasteiger partial charge in [0.1, 0.15) is 23.0 Å². The number of rotatable bonds is 2. The van der Waals surface area contributed by atoms with E-state index in [9.17, 15) is 10.2 Å². The minimum Gasteiger partial charge on any atom is -0.506 e. The van der Waals surface area contributed by atoms with E-state index in [1.165, 1.54) is 44.2 Å². The predicted octanol–water partition coefficient (Wildman–Crippen LogP) is 4.48. The Balaban J connectivity index is 1.46. The number of phenolic OH excluding ortho intramolecular Hbond substituents is 2. The lowest BCUT2D eigenvalue weighted by Crippen LogP contribution is -2.44. The zero-order valence-electron chi connectivity index (χ0n) is 16.3. The highest BCUT2D eigenvalue weighted by Gasteiger charge is 2.47. The van der Waals surface area contributed by atoms with Gasteiger partial charge >= 0.3 is 0 Å². The van der Waals surface area contributed by atoms with Gasteiger partial charge in [0.15, 0.2) is 0 Å². The fourth-order valence-electron chi connectivity index (χ4n) is 5.84. The van der Waals surface area contributed by atoms with Crippen molar-refractivity contribution in [2.45, 2.75) is 32.1 Å². The Morgan fingerprint density at radius 3 is 2.17 bits per heavy atom. The van der Waals surface area contributed by atoms with Crippen LogP contribution in [-0.4, -0.2) is 10.2 Å². The van der Waals surface area contributed by atoms with Gasteiger partial charge in [-0.2, -0.15) is 0 Å². The number of anilines is 2. The maximum atomic E-state index is 10.1. The summed E-state index contributed by atoms with van der Waals surface area (Å²) in [7, 11) is 0. The fourth-order valence-corrected chi connectivity index (χ4v) is 5.84. The Hall–Kier alpha value is -3.00. The summed E-state index contributed by atoms with van der Waals surface area (Å²) in [5, 5.41) is 19.7. The van der Waals surface area contributed by atoms with Gasteiger partial charge in [0.25, 0.3) is 0 Å². The molecule has 4 fully saturated rings. The molecule has 2 aromatic carbocycles. The Bertz CT molecular complexity index is 993. The van der Waals surface area contributed by atoms with Crippen LogP contribution in [0.5, 0.6) is 23.0 Å². The summed E-state index contributed by atoms with van der Waals surface area (Å²) < 4.78 is 5.95. The van der Waals surface area contributed by atoms with E-state index in [1.54, 1.807) is 18.2 Å². The molecular weight excluding hydrogens is 364 g/mol. The highest BCUT2D eigenvalue weighted by atomic mass is 16.5. The summed E-state index contributed by atoms with van der Waals surface area (Å²) in [6.07, 6.45) is 6.63. The van der Waals surface area contributed by atoms with Crippen LogP contribution in [0.1, 0.15) is 37.7 Å². The van der Waals surface area contributed by atoms with Gasteiger partial charge < -0.3 is 26.4 Å². The number of ether oxygens (including phenoxy) is 1. The van der Waals surface area contributed by atoms with Crippen molar-refractivity contribution in [2.75, 3.05) is 11.5 Å². The molecule has 150 valence electrons. The van der Waals surface area contributed by atoms with E-state index in [0.717, 1.165) is 11.8 Å². The molecule has 0 radical (unpaired) electrons. The molecule has 5 heteroatoms. The van der Waals surface area contributed by atoms with Crippen LogP contribution in [0.3, 0.4) is 0 Å². The number of benzene rings is 2. The molecule has 0 unspecified atom stereocenters. The number of nitrogen functional groups attached to an aromatic ring is 2. The lowest BCUT2D eigenvalue weighted by Gasteiger charge is -2.52. The smallest absolute Gasteiger partial charge is 0.145 e. The van der Waals surface area contributed by atoms with Crippen molar-refractivity contribution in [3.05, 3.63) is 35.9 Å². The second-order valence-corrected chi connectivity index (χ2v) is 8.92. The molecule has 29 heavy (non-hydrogen) atoms. The van der Waals surface area contributed by atoms with Crippen LogP contribution in [-0.2, 0) is 0 Å². The first-order valence-electron chi connectivity index (χ1n) is 10.4. The number of hydrogen-bond acceptors (Lipinski definition) is 5. The summed E-state index contributed by atoms with van der Waals surface area (Å²) in [6.45, 7) is 0. The summed E-state index contributed by atoms with van der Waals surface area (Å²) in [5.74, 6) is 11.3. The Kier molecular flexibility index (Phi) is 4.24. The monoisotopic (exact) mass is 390 g/mol. The van der Waals surface area contributed by atoms with Crippen molar-refractivity contribution in [3.8, 4) is 34.8 Å². The third kappa shape index (κ3) is 3.23. The largest absolute Gasteiger partial charge is 0.506 e. The quantitative estimate of drug-likeness (QED) is 0.344.